The summed E-state index contributed by atoms with van der Waals surface area (Å²) in [5, 5.41) is 9.48. The second-order valence-electron chi connectivity index (χ2n) is 3.63. The molecule has 0 aliphatic rings. The van der Waals surface area contributed by atoms with Crippen molar-refractivity contribution in [2.75, 3.05) is 0 Å². The van der Waals surface area contributed by atoms with Crippen LogP contribution in [-0.4, -0.2) is 11.1 Å². The van der Waals surface area contributed by atoms with Crippen LogP contribution in [0.1, 0.15) is 10.4 Å². The Morgan fingerprint density at radius 1 is 1.05 bits per heavy atom. The molecule has 0 fully saturated rings. The maximum Gasteiger partial charge on any atom is 0.335 e. The van der Waals surface area contributed by atoms with Crippen molar-refractivity contribution in [1.29, 1.82) is 0 Å². The van der Waals surface area contributed by atoms with Crippen molar-refractivity contribution in [2.24, 2.45) is 0 Å². The first-order chi connectivity index (χ1) is 8.97. The summed E-state index contributed by atoms with van der Waals surface area (Å²) in [6, 6.07) is 9.71. The average molecular weight is 406 g/mol. The Balaban J connectivity index is 2.31. The highest BCUT2D eigenvalue weighted by atomic mass is 79.9. The fourth-order valence-corrected chi connectivity index (χ4v) is 2.62. The van der Waals surface area contributed by atoms with Crippen molar-refractivity contribution in [2.45, 2.75) is 0 Å². The van der Waals surface area contributed by atoms with Gasteiger partial charge in [-0.15, -0.1) is 0 Å². The van der Waals surface area contributed by atoms with Gasteiger partial charge in [-0.05, 0) is 68.3 Å². The summed E-state index contributed by atoms with van der Waals surface area (Å²) in [6.45, 7) is 0. The van der Waals surface area contributed by atoms with Gasteiger partial charge < -0.3 is 9.84 Å². The predicted molar refractivity (Wildman–Crippen MR) is 80.3 cm³/mol. The quantitative estimate of drug-likeness (QED) is 0.747. The van der Waals surface area contributed by atoms with Crippen LogP contribution in [0.4, 0.5) is 0 Å². The molecule has 2 aromatic carbocycles. The van der Waals surface area contributed by atoms with Crippen molar-refractivity contribution in [1.82, 2.24) is 0 Å². The highest BCUT2D eigenvalue weighted by molar-refractivity contribution is 9.11. The number of benzene rings is 2. The van der Waals surface area contributed by atoms with Crippen LogP contribution in [0.5, 0.6) is 11.5 Å². The first kappa shape index (κ1) is 14.4. The van der Waals surface area contributed by atoms with Crippen molar-refractivity contribution in [3.05, 3.63) is 55.9 Å². The lowest BCUT2D eigenvalue weighted by Crippen LogP contribution is -1.96. The van der Waals surface area contributed by atoms with Crippen LogP contribution in [0.25, 0.3) is 0 Å². The van der Waals surface area contributed by atoms with Crippen LogP contribution in [0.15, 0.2) is 45.3 Å². The SMILES string of the molecule is O=C(O)c1ccc(Oc2ccc(Cl)cc2Br)c(Br)c1. The van der Waals surface area contributed by atoms with E-state index in [9.17, 15) is 4.79 Å². The third-order valence-electron chi connectivity index (χ3n) is 2.29. The van der Waals surface area contributed by atoms with Crippen LogP contribution in [0.3, 0.4) is 0 Å². The van der Waals surface area contributed by atoms with Gasteiger partial charge in [0, 0.05) is 5.02 Å². The summed E-state index contributed by atoms with van der Waals surface area (Å²) in [5.41, 5.74) is 0.189. The Bertz CT molecular complexity index is 644. The number of aromatic carboxylic acids is 1. The molecule has 0 aliphatic heterocycles. The maximum absolute atomic E-state index is 10.8. The smallest absolute Gasteiger partial charge is 0.335 e. The molecule has 2 aromatic rings. The summed E-state index contributed by atoms with van der Waals surface area (Å²) < 4.78 is 6.97. The Labute approximate surface area is 131 Å². The van der Waals surface area contributed by atoms with Gasteiger partial charge in [-0.25, -0.2) is 4.79 Å². The molecule has 3 nitrogen and oxygen atoms in total. The van der Waals surface area contributed by atoms with Gasteiger partial charge in [-0.3, -0.25) is 0 Å². The molecule has 98 valence electrons. The minimum atomic E-state index is -0.986. The first-order valence-corrected chi connectivity index (χ1v) is 7.09. The molecule has 19 heavy (non-hydrogen) atoms. The third-order valence-corrected chi connectivity index (χ3v) is 3.77. The fraction of sp³-hybridized carbons (Fsp3) is 0. The highest BCUT2D eigenvalue weighted by Gasteiger charge is 2.10. The molecule has 0 saturated heterocycles. The van der Waals surface area contributed by atoms with E-state index in [-0.39, 0.29) is 5.56 Å². The minimum absolute atomic E-state index is 0.189. The first-order valence-electron chi connectivity index (χ1n) is 5.13. The molecule has 0 saturated carbocycles. The zero-order chi connectivity index (χ0) is 14.0. The second kappa shape index (κ2) is 5.94. The van der Waals surface area contributed by atoms with Crippen LogP contribution < -0.4 is 4.74 Å². The molecular formula is C13H7Br2ClO3. The lowest BCUT2D eigenvalue weighted by Gasteiger charge is -2.10. The second-order valence-corrected chi connectivity index (χ2v) is 5.77. The van der Waals surface area contributed by atoms with Crippen LogP contribution in [0, 0.1) is 0 Å². The summed E-state index contributed by atoms with van der Waals surface area (Å²) >= 11 is 12.5. The molecule has 0 aliphatic carbocycles. The molecule has 0 spiro atoms. The Hall–Kier alpha value is -1.04. The average Bonchev–Trinajstić information content (AvgIpc) is 2.34. The molecule has 6 heteroatoms. The van der Waals surface area contributed by atoms with E-state index < -0.39 is 5.97 Å². The topological polar surface area (TPSA) is 46.5 Å². The van der Waals surface area contributed by atoms with Crippen molar-refractivity contribution < 1.29 is 14.6 Å². The monoisotopic (exact) mass is 404 g/mol. The van der Waals surface area contributed by atoms with E-state index in [4.69, 9.17) is 21.4 Å². The van der Waals surface area contributed by atoms with E-state index in [1.54, 1.807) is 24.3 Å². The number of ether oxygens (including phenoxy) is 1. The zero-order valence-corrected chi connectivity index (χ0v) is 13.3. The molecule has 2 rings (SSSR count). The van der Waals surface area contributed by atoms with Gasteiger partial charge in [-0.2, -0.15) is 0 Å². The summed E-state index contributed by atoms with van der Waals surface area (Å²) in [6.07, 6.45) is 0. The summed E-state index contributed by atoms with van der Waals surface area (Å²) in [7, 11) is 0. The van der Waals surface area contributed by atoms with E-state index in [2.05, 4.69) is 31.9 Å². The van der Waals surface area contributed by atoms with E-state index in [0.717, 1.165) is 0 Å². The third kappa shape index (κ3) is 3.49. The van der Waals surface area contributed by atoms with Crippen molar-refractivity contribution in [3.8, 4) is 11.5 Å². The molecule has 0 aromatic heterocycles. The molecular weight excluding hydrogens is 399 g/mol. The number of hydrogen-bond acceptors (Lipinski definition) is 2. The lowest BCUT2D eigenvalue weighted by molar-refractivity contribution is 0.0697. The molecule has 0 amide bonds. The molecule has 0 radical (unpaired) electrons. The van der Waals surface area contributed by atoms with Gasteiger partial charge in [0.05, 0.1) is 14.5 Å². The molecule has 0 bridgehead atoms. The fourth-order valence-electron chi connectivity index (χ4n) is 1.39. The summed E-state index contributed by atoms with van der Waals surface area (Å²) in [4.78, 5) is 10.8. The van der Waals surface area contributed by atoms with Crippen LogP contribution in [-0.2, 0) is 0 Å². The van der Waals surface area contributed by atoms with E-state index in [1.165, 1.54) is 12.1 Å². The number of carbonyl (C=O) groups is 1. The Morgan fingerprint density at radius 3 is 2.16 bits per heavy atom. The molecule has 0 heterocycles. The van der Waals surface area contributed by atoms with Gasteiger partial charge in [0.25, 0.3) is 0 Å². The molecule has 0 atom stereocenters. The van der Waals surface area contributed by atoms with Gasteiger partial charge in [0.2, 0.25) is 0 Å². The van der Waals surface area contributed by atoms with Gasteiger partial charge in [0.1, 0.15) is 11.5 Å². The Kier molecular flexibility index (Phi) is 4.50. The summed E-state index contributed by atoms with van der Waals surface area (Å²) in [5.74, 6) is 0.126. The Morgan fingerprint density at radius 2 is 1.63 bits per heavy atom. The van der Waals surface area contributed by atoms with Crippen LogP contribution >= 0.6 is 43.5 Å². The largest absolute Gasteiger partial charge is 0.478 e. The highest BCUT2D eigenvalue weighted by Crippen LogP contribution is 2.35. The van der Waals surface area contributed by atoms with Gasteiger partial charge in [0.15, 0.2) is 0 Å². The zero-order valence-electron chi connectivity index (χ0n) is 9.36. The van der Waals surface area contributed by atoms with Gasteiger partial charge >= 0.3 is 5.97 Å². The maximum atomic E-state index is 10.8. The minimum Gasteiger partial charge on any atom is -0.478 e. The molecule has 0 unspecified atom stereocenters. The number of carboxylic acids is 1. The van der Waals surface area contributed by atoms with E-state index in [1.807, 2.05) is 0 Å². The predicted octanol–water partition coefficient (Wildman–Crippen LogP) is 5.36. The molecule has 1 N–H and O–H groups in total. The van der Waals surface area contributed by atoms with Gasteiger partial charge in [-0.1, -0.05) is 11.6 Å². The van der Waals surface area contributed by atoms with Crippen molar-refractivity contribution >= 4 is 49.4 Å². The number of hydrogen-bond donors (Lipinski definition) is 1. The normalized spacial score (nSPS) is 10.3. The lowest BCUT2D eigenvalue weighted by atomic mass is 10.2. The van der Waals surface area contributed by atoms with E-state index in [0.29, 0.717) is 25.5 Å². The van der Waals surface area contributed by atoms with Crippen LogP contribution in [0.2, 0.25) is 5.02 Å². The van der Waals surface area contributed by atoms with E-state index >= 15 is 0 Å². The number of carboxylic acid groups (broad SMARTS) is 1. The van der Waals surface area contributed by atoms with Crippen molar-refractivity contribution in [3.63, 3.8) is 0 Å². The number of rotatable bonds is 3. The number of halogens is 3. The standard InChI is InChI=1S/C13H7Br2ClO3/c14-9-5-7(13(17)18)1-3-11(9)19-12-4-2-8(16)6-10(12)15/h1-6H,(H,17,18).